The third kappa shape index (κ3) is 4.05. The first kappa shape index (κ1) is 17.2. The Morgan fingerprint density at radius 3 is 2.88 bits per heavy atom. The highest BCUT2D eigenvalue weighted by molar-refractivity contribution is 5.77. The van der Waals surface area contributed by atoms with Crippen molar-refractivity contribution in [2.75, 3.05) is 58.4 Å². The van der Waals surface area contributed by atoms with Crippen molar-refractivity contribution in [2.24, 2.45) is 0 Å². The molecule has 1 aromatic heterocycles. The molecule has 2 fully saturated rings. The van der Waals surface area contributed by atoms with Gasteiger partial charge in [0.25, 0.3) is 0 Å². The lowest BCUT2D eigenvalue weighted by molar-refractivity contribution is -0.132. The number of anilines is 1. The highest BCUT2D eigenvalue weighted by Crippen LogP contribution is 2.33. The zero-order chi connectivity index (χ0) is 16.9. The Morgan fingerprint density at radius 2 is 2.12 bits per heavy atom. The number of rotatable bonds is 5. The predicted octanol–water partition coefficient (Wildman–Crippen LogP) is 1.53. The summed E-state index contributed by atoms with van der Waals surface area (Å²) >= 11 is 0. The van der Waals surface area contributed by atoms with Crippen LogP contribution in [-0.2, 0) is 9.53 Å². The standard InChI is InChI=1S/C18H28N4O2/c1-20(2)17-14-15(5-7-19-17)16-4-3-8-22(16)18(23)6-9-21-10-12-24-13-11-21/h5,7,14,16H,3-4,6,8-13H2,1-2H3. The van der Waals surface area contributed by atoms with Gasteiger partial charge >= 0.3 is 0 Å². The molecular formula is C18H28N4O2. The summed E-state index contributed by atoms with van der Waals surface area (Å²) in [7, 11) is 3.98. The monoisotopic (exact) mass is 332 g/mol. The van der Waals surface area contributed by atoms with Gasteiger partial charge in [-0.05, 0) is 30.5 Å². The average Bonchev–Trinajstić information content (AvgIpc) is 3.10. The van der Waals surface area contributed by atoms with Crippen molar-refractivity contribution in [1.29, 1.82) is 0 Å². The Morgan fingerprint density at radius 1 is 1.33 bits per heavy atom. The largest absolute Gasteiger partial charge is 0.379 e. The van der Waals surface area contributed by atoms with Crippen LogP contribution in [0.15, 0.2) is 18.3 Å². The molecule has 6 heteroatoms. The van der Waals surface area contributed by atoms with Gasteiger partial charge in [0.05, 0.1) is 19.3 Å². The number of aromatic nitrogens is 1. The van der Waals surface area contributed by atoms with Crippen LogP contribution in [0.25, 0.3) is 0 Å². The van der Waals surface area contributed by atoms with Crippen LogP contribution in [0.3, 0.4) is 0 Å². The first-order chi connectivity index (χ1) is 11.6. The van der Waals surface area contributed by atoms with Crippen molar-refractivity contribution in [3.8, 4) is 0 Å². The molecule has 0 aliphatic carbocycles. The summed E-state index contributed by atoms with van der Waals surface area (Å²) in [6.07, 6.45) is 4.56. The summed E-state index contributed by atoms with van der Waals surface area (Å²) in [5.74, 6) is 1.22. The van der Waals surface area contributed by atoms with E-state index >= 15 is 0 Å². The van der Waals surface area contributed by atoms with Gasteiger partial charge < -0.3 is 14.5 Å². The van der Waals surface area contributed by atoms with Gasteiger partial charge in [-0.3, -0.25) is 9.69 Å². The summed E-state index contributed by atoms with van der Waals surface area (Å²) in [6, 6.07) is 4.35. The number of morpholine rings is 1. The maximum atomic E-state index is 12.7. The van der Waals surface area contributed by atoms with Crippen LogP contribution in [0, 0.1) is 0 Å². The van der Waals surface area contributed by atoms with Crippen molar-refractivity contribution < 1.29 is 9.53 Å². The van der Waals surface area contributed by atoms with Crippen LogP contribution in [0.1, 0.15) is 30.9 Å². The average molecular weight is 332 g/mol. The molecule has 3 rings (SSSR count). The molecule has 2 aliphatic heterocycles. The molecule has 0 spiro atoms. The lowest BCUT2D eigenvalue weighted by atomic mass is 10.1. The molecule has 2 aliphatic rings. The van der Waals surface area contributed by atoms with Gasteiger partial charge in [-0.2, -0.15) is 0 Å². The number of carbonyl (C=O) groups is 1. The normalized spacial score (nSPS) is 21.9. The Hall–Kier alpha value is -1.66. The maximum Gasteiger partial charge on any atom is 0.224 e. The van der Waals surface area contributed by atoms with Crippen molar-refractivity contribution in [1.82, 2.24) is 14.8 Å². The number of amides is 1. The first-order valence-corrected chi connectivity index (χ1v) is 8.88. The number of hydrogen-bond donors (Lipinski definition) is 0. The molecular weight excluding hydrogens is 304 g/mol. The summed E-state index contributed by atoms with van der Waals surface area (Å²) in [5.41, 5.74) is 1.20. The quantitative estimate of drug-likeness (QED) is 0.818. The molecule has 0 bridgehead atoms. The van der Waals surface area contributed by atoms with Crippen LogP contribution >= 0.6 is 0 Å². The van der Waals surface area contributed by atoms with Gasteiger partial charge in [0.15, 0.2) is 0 Å². The summed E-state index contributed by atoms with van der Waals surface area (Å²) in [5, 5.41) is 0. The zero-order valence-electron chi connectivity index (χ0n) is 14.8. The molecule has 0 saturated carbocycles. The molecule has 132 valence electrons. The second-order valence-electron chi connectivity index (χ2n) is 6.79. The molecule has 2 saturated heterocycles. The van der Waals surface area contributed by atoms with E-state index in [1.54, 1.807) is 0 Å². The number of carbonyl (C=O) groups excluding carboxylic acids is 1. The molecule has 1 unspecified atom stereocenters. The van der Waals surface area contributed by atoms with E-state index in [0.717, 1.165) is 58.1 Å². The molecule has 6 nitrogen and oxygen atoms in total. The second kappa shape index (κ2) is 7.94. The topological polar surface area (TPSA) is 48.9 Å². The van der Waals surface area contributed by atoms with Crippen LogP contribution in [0.5, 0.6) is 0 Å². The zero-order valence-corrected chi connectivity index (χ0v) is 14.8. The van der Waals surface area contributed by atoms with Gasteiger partial charge in [0.1, 0.15) is 5.82 Å². The minimum atomic E-state index is 0.198. The van der Waals surface area contributed by atoms with Gasteiger partial charge in [0.2, 0.25) is 5.91 Å². The van der Waals surface area contributed by atoms with Crippen LogP contribution in [0.4, 0.5) is 5.82 Å². The van der Waals surface area contributed by atoms with E-state index in [0.29, 0.717) is 6.42 Å². The first-order valence-electron chi connectivity index (χ1n) is 8.88. The van der Waals surface area contributed by atoms with Crippen molar-refractivity contribution in [3.63, 3.8) is 0 Å². The fourth-order valence-electron chi connectivity index (χ4n) is 3.52. The summed E-state index contributed by atoms with van der Waals surface area (Å²) in [4.78, 5) is 23.5. The lowest BCUT2D eigenvalue weighted by Gasteiger charge is -2.29. The van der Waals surface area contributed by atoms with E-state index in [-0.39, 0.29) is 11.9 Å². The number of likely N-dealkylation sites (tertiary alicyclic amines) is 1. The SMILES string of the molecule is CN(C)c1cc(C2CCCN2C(=O)CCN2CCOCC2)ccn1. The van der Waals surface area contributed by atoms with Crippen molar-refractivity contribution in [2.45, 2.75) is 25.3 Å². The molecule has 24 heavy (non-hydrogen) atoms. The molecule has 1 amide bonds. The molecule has 0 N–H and O–H groups in total. The second-order valence-corrected chi connectivity index (χ2v) is 6.79. The summed E-state index contributed by atoms with van der Waals surface area (Å²) < 4.78 is 5.36. The number of nitrogens with zero attached hydrogens (tertiary/aromatic N) is 4. The molecule has 1 aromatic rings. The minimum Gasteiger partial charge on any atom is -0.379 e. The van der Waals surface area contributed by atoms with E-state index in [1.807, 2.05) is 31.3 Å². The Labute approximate surface area is 144 Å². The number of hydrogen-bond acceptors (Lipinski definition) is 5. The van der Waals surface area contributed by atoms with E-state index in [2.05, 4.69) is 20.9 Å². The fourth-order valence-corrected chi connectivity index (χ4v) is 3.52. The van der Waals surface area contributed by atoms with Crippen LogP contribution in [0.2, 0.25) is 0 Å². The Kier molecular flexibility index (Phi) is 5.68. The molecule has 0 radical (unpaired) electrons. The lowest BCUT2D eigenvalue weighted by Crippen LogP contribution is -2.39. The minimum absolute atomic E-state index is 0.198. The highest BCUT2D eigenvalue weighted by atomic mass is 16.5. The Bertz CT molecular complexity index is 558. The van der Waals surface area contributed by atoms with Crippen molar-refractivity contribution >= 4 is 11.7 Å². The summed E-state index contributed by atoms with van der Waals surface area (Å²) in [6.45, 7) is 5.15. The number of pyridine rings is 1. The molecule has 3 heterocycles. The smallest absolute Gasteiger partial charge is 0.224 e. The third-order valence-corrected chi connectivity index (χ3v) is 4.93. The van der Waals surface area contributed by atoms with Crippen LogP contribution < -0.4 is 4.90 Å². The molecule has 1 atom stereocenters. The van der Waals surface area contributed by atoms with E-state index in [4.69, 9.17) is 4.74 Å². The number of ether oxygens (including phenoxy) is 1. The van der Waals surface area contributed by atoms with Gasteiger partial charge in [-0.1, -0.05) is 0 Å². The maximum absolute atomic E-state index is 12.7. The van der Waals surface area contributed by atoms with E-state index in [9.17, 15) is 4.79 Å². The molecule has 0 aromatic carbocycles. The van der Waals surface area contributed by atoms with Crippen LogP contribution in [-0.4, -0.2) is 74.2 Å². The highest BCUT2D eigenvalue weighted by Gasteiger charge is 2.30. The van der Waals surface area contributed by atoms with Gasteiger partial charge in [-0.25, -0.2) is 4.98 Å². The van der Waals surface area contributed by atoms with E-state index in [1.165, 1.54) is 5.56 Å². The Balaban J connectivity index is 1.62. The predicted molar refractivity (Wildman–Crippen MR) is 94.1 cm³/mol. The fraction of sp³-hybridized carbons (Fsp3) is 0.667. The third-order valence-electron chi connectivity index (χ3n) is 4.93. The van der Waals surface area contributed by atoms with Gasteiger partial charge in [-0.15, -0.1) is 0 Å². The van der Waals surface area contributed by atoms with E-state index < -0.39 is 0 Å². The van der Waals surface area contributed by atoms with Crippen molar-refractivity contribution in [3.05, 3.63) is 23.9 Å². The van der Waals surface area contributed by atoms with Gasteiger partial charge in [0, 0.05) is 52.9 Å².